The van der Waals surface area contributed by atoms with Crippen molar-refractivity contribution in [2.45, 2.75) is 71.2 Å². The van der Waals surface area contributed by atoms with E-state index in [1.165, 1.54) is 44.6 Å². The normalized spacial score (nSPS) is 20.8. The first kappa shape index (κ1) is 33.3. The van der Waals surface area contributed by atoms with Crippen molar-refractivity contribution in [3.63, 3.8) is 0 Å². The van der Waals surface area contributed by atoms with E-state index in [9.17, 15) is 24.6 Å². The van der Waals surface area contributed by atoms with E-state index in [1.54, 1.807) is 20.8 Å². The molecule has 1 saturated heterocycles. The summed E-state index contributed by atoms with van der Waals surface area (Å²) in [5, 5.41) is 23.8. The van der Waals surface area contributed by atoms with Crippen molar-refractivity contribution in [1.29, 1.82) is 0 Å². The molecular weight excluding hydrogens is 588 g/mol. The molecule has 13 nitrogen and oxygen atoms in total. The Labute approximate surface area is 259 Å². The van der Waals surface area contributed by atoms with Crippen molar-refractivity contribution in [3.05, 3.63) is 69.1 Å². The van der Waals surface area contributed by atoms with Gasteiger partial charge in [0.15, 0.2) is 23.6 Å². The number of amides is 2. The number of allylic oxidation sites excluding steroid dienone is 2. The first-order valence-corrected chi connectivity index (χ1v) is 14.1. The Hall–Kier alpha value is -4.59. The Morgan fingerprint density at radius 1 is 1.09 bits per heavy atom. The van der Waals surface area contributed by atoms with Crippen LogP contribution in [0, 0.1) is 6.92 Å². The summed E-state index contributed by atoms with van der Waals surface area (Å²) in [7, 11) is 2.82. The monoisotopic (exact) mass is 626 g/mol. The standard InChI is InChI=1S/C32H38N2O11/c1-15(2)8-9-17-14-18(10-12-20(17)35)28(37)34-22-23(36)19-11-13-21(16(3)24(19)43-29(22)38)42-30-26(40-6)25(44-31(33)39)27(41-7)32(4,5)45-30/h8,10-14,25-27,30,35-36H,9H2,1-7H3,(H2,33,39)(H,34,37)/t25-,26+,27+,30-/m0/s1. The molecule has 0 radical (unpaired) electrons. The third kappa shape index (κ3) is 6.90. The number of nitrogens with one attached hydrogen (secondary N) is 1. The molecule has 0 saturated carbocycles. The number of phenolic OH excluding ortho intramolecular Hbond substituents is 1. The number of methoxy groups -OCH3 is 2. The molecule has 2 amide bonds. The maximum Gasteiger partial charge on any atom is 0.404 e. The molecular formula is C32H38N2O11. The zero-order valence-electron chi connectivity index (χ0n) is 26.1. The van der Waals surface area contributed by atoms with Gasteiger partial charge in [0.1, 0.15) is 23.2 Å². The van der Waals surface area contributed by atoms with Crippen LogP contribution in [0.3, 0.4) is 0 Å². The maximum atomic E-state index is 13.1. The fourth-order valence-corrected chi connectivity index (χ4v) is 5.29. The van der Waals surface area contributed by atoms with Crippen molar-refractivity contribution in [2.75, 3.05) is 19.5 Å². The molecule has 0 spiro atoms. The van der Waals surface area contributed by atoms with Crippen LogP contribution >= 0.6 is 0 Å². The molecule has 1 aromatic heterocycles. The van der Waals surface area contributed by atoms with Crippen LogP contribution in [0.4, 0.5) is 10.5 Å². The molecule has 13 heteroatoms. The lowest BCUT2D eigenvalue weighted by molar-refractivity contribution is -0.309. The molecule has 2 heterocycles. The highest BCUT2D eigenvalue weighted by atomic mass is 16.7. The Balaban J connectivity index is 1.65. The quantitative estimate of drug-likeness (QED) is 0.196. The second-order valence-corrected chi connectivity index (χ2v) is 11.4. The summed E-state index contributed by atoms with van der Waals surface area (Å²) in [5.74, 6) is -0.947. The highest BCUT2D eigenvalue weighted by Crippen LogP contribution is 2.39. The third-order valence-corrected chi connectivity index (χ3v) is 7.57. The molecule has 3 aromatic rings. The number of rotatable bonds is 9. The minimum absolute atomic E-state index is 0.00498. The molecule has 242 valence electrons. The van der Waals surface area contributed by atoms with Crippen molar-refractivity contribution in [3.8, 4) is 17.2 Å². The number of phenols is 1. The molecule has 1 aliphatic rings. The molecule has 0 bridgehead atoms. The van der Waals surface area contributed by atoms with E-state index in [2.05, 4.69) is 5.32 Å². The maximum absolute atomic E-state index is 13.1. The topological polar surface area (TPSA) is 189 Å². The van der Waals surface area contributed by atoms with Gasteiger partial charge in [-0.05, 0) is 76.9 Å². The number of primary amides is 1. The first-order chi connectivity index (χ1) is 21.2. The van der Waals surface area contributed by atoms with E-state index in [0.29, 0.717) is 17.5 Å². The molecule has 5 N–H and O–H groups in total. The van der Waals surface area contributed by atoms with Gasteiger partial charge in [-0.1, -0.05) is 11.6 Å². The molecule has 45 heavy (non-hydrogen) atoms. The van der Waals surface area contributed by atoms with E-state index in [1.807, 2.05) is 19.9 Å². The number of anilines is 1. The van der Waals surface area contributed by atoms with Gasteiger partial charge in [-0.25, -0.2) is 9.59 Å². The fraction of sp³-hybridized carbons (Fsp3) is 0.406. The largest absolute Gasteiger partial charge is 0.508 e. The second kappa shape index (κ2) is 13.2. The van der Waals surface area contributed by atoms with Crippen molar-refractivity contribution >= 4 is 28.7 Å². The zero-order valence-corrected chi connectivity index (χ0v) is 26.1. The fourth-order valence-electron chi connectivity index (χ4n) is 5.29. The van der Waals surface area contributed by atoms with Gasteiger partial charge in [0.05, 0.1) is 11.0 Å². The van der Waals surface area contributed by atoms with Gasteiger partial charge in [-0.3, -0.25) is 4.79 Å². The molecule has 1 fully saturated rings. The van der Waals surface area contributed by atoms with Crippen LogP contribution < -0.4 is 21.4 Å². The average Bonchev–Trinajstić information content (AvgIpc) is 2.96. The Morgan fingerprint density at radius 3 is 2.42 bits per heavy atom. The SMILES string of the molecule is CO[C@H]1[C@@H](Oc2ccc3c(O)c(NC(=O)c4ccc(O)c(CC=C(C)C)c4)c(=O)oc3c2C)OC(C)(C)[C@H](OC)[C@H]1OC(N)=O. The summed E-state index contributed by atoms with van der Waals surface area (Å²) in [6.07, 6.45) is -2.55. The van der Waals surface area contributed by atoms with Crippen LogP contribution in [0.2, 0.25) is 0 Å². The zero-order chi connectivity index (χ0) is 33.2. The molecule has 4 rings (SSSR count). The summed E-state index contributed by atoms with van der Waals surface area (Å²) >= 11 is 0. The number of aromatic hydroxyl groups is 2. The van der Waals surface area contributed by atoms with E-state index < -0.39 is 59.3 Å². The minimum Gasteiger partial charge on any atom is -0.508 e. The van der Waals surface area contributed by atoms with Crippen LogP contribution in [0.25, 0.3) is 11.0 Å². The summed E-state index contributed by atoms with van der Waals surface area (Å²) in [6, 6.07) is 7.27. The van der Waals surface area contributed by atoms with E-state index in [4.69, 9.17) is 33.8 Å². The van der Waals surface area contributed by atoms with Crippen molar-refractivity contribution in [1.82, 2.24) is 0 Å². The van der Waals surface area contributed by atoms with Gasteiger partial charge in [0, 0.05) is 25.3 Å². The lowest BCUT2D eigenvalue weighted by Crippen LogP contribution is -2.65. The molecule has 0 aliphatic carbocycles. The first-order valence-electron chi connectivity index (χ1n) is 14.1. The summed E-state index contributed by atoms with van der Waals surface area (Å²) in [5.41, 5.74) is 4.92. The summed E-state index contributed by atoms with van der Waals surface area (Å²) in [6.45, 7) is 8.89. The molecule has 2 aromatic carbocycles. The van der Waals surface area contributed by atoms with E-state index in [0.717, 1.165) is 5.57 Å². The predicted molar refractivity (Wildman–Crippen MR) is 164 cm³/mol. The van der Waals surface area contributed by atoms with E-state index in [-0.39, 0.29) is 28.0 Å². The van der Waals surface area contributed by atoms with Crippen LogP contribution in [-0.2, 0) is 25.4 Å². The predicted octanol–water partition coefficient (Wildman–Crippen LogP) is 4.28. The van der Waals surface area contributed by atoms with Crippen LogP contribution in [0.1, 0.15) is 49.2 Å². The molecule has 0 unspecified atom stereocenters. The van der Waals surface area contributed by atoms with Gasteiger partial charge < -0.3 is 49.4 Å². The van der Waals surface area contributed by atoms with Gasteiger partial charge in [-0.2, -0.15) is 0 Å². The third-order valence-electron chi connectivity index (χ3n) is 7.57. The number of carbonyl (C=O) groups excluding carboxylic acids is 2. The van der Waals surface area contributed by atoms with Crippen LogP contribution in [-0.4, -0.2) is 66.6 Å². The lowest BCUT2D eigenvalue weighted by atomic mass is 9.89. The number of ether oxygens (including phenoxy) is 5. The number of fused-ring (bicyclic) bond motifs is 1. The molecule has 1 aliphatic heterocycles. The smallest absolute Gasteiger partial charge is 0.404 e. The van der Waals surface area contributed by atoms with Crippen LogP contribution in [0.15, 0.2) is 51.2 Å². The van der Waals surface area contributed by atoms with Gasteiger partial charge >= 0.3 is 11.7 Å². The lowest BCUT2D eigenvalue weighted by Gasteiger charge is -2.48. The van der Waals surface area contributed by atoms with Gasteiger partial charge in [0.25, 0.3) is 5.91 Å². The van der Waals surface area contributed by atoms with Gasteiger partial charge in [0.2, 0.25) is 6.29 Å². The highest BCUT2D eigenvalue weighted by Gasteiger charge is 2.54. The number of carbonyl (C=O) groups is 2. The van der Waals surface area contributed by atoms with Crippen molar-refractivity contribution < 1.29 is 47.9 Å². The summed E-state index contributed by atoms with van der Waals surface area (Å²) < 4.78 is 34.3. The van der Waals surface area contributed by atoms with E-state index >= 15 is 0 Å². The number of aryl methyl sites for hydroxylation is 1. The minimum atomic E-state index is -1.12. The second-order valence-electron chi connectivity index (χ2n) is 11.4. The Bertz CT molecular complexity index is 1690. The van der Waals surface area contributed by atoms with Crippen LogP contribution in [0.5, 0.6) is 17.2 Å². The average molecular weight is 627 g/mol. The number of benzene rings is 2. The number of hydrogen-bond acceptors (Lipinski definition) is 11. The highest BCUT2D eigenvalue weighted by molar-refractivity contribution is 6.06. The number of hydrogen-bond donors (Lipinski definition) is 4. The number of nitrogens with two attached hydrogens (primary N) is 1. The van der Waals surface area contributed by atoms with Gasteiger partial charge in [-0.15, -0.1) is 0 Å². The molecule has 4 atom stereocenters. The Morgan fingerprint density at radius 2 is 1.80 bits per heavy atom. The Kier molecular flexibility index (Phi) is 9.76. The van der Waals surface area contributed by atoms with Crippen molar-refractivity contribution in [2.24, 2.45) is 5.73 Å². The summed E-state index contributed by atoms with van der Waals surface area (Å²) in [4.78, 5) is 37.8.